The number of imide groups is 1. The Morgan fingerprint density at radius 2 is 1.83 bits per heavy atom. The van der Waals surface area contributed by atoms with E-state index in [2.05, 4.69) is 52.7 Å². The number of nitrogens with one attached hydrogen (secondary N) is 1. The van der Waals surface area contributed by atoms with Crippen molar-refractivity contribution in [2.45, 2.75) is 33.6 Å². The molecule has 152 valence electrons. The molecule has 7 heteroatoms. The molecule has 3 rings (SSSR count). The molecule has 3 amide bonds. The number of benzene rings is 1. The molecule has 0 atom stereocenters. The van der Waals surface area contributed by atoms with E-state index in [9.17, 15) is 14.4 Å². The number of aromatic nitrogens is 1. The van der Waals surface area contributed by atoms with E-state index >= 15 is 0 Å². The molecule has 0 saturated carbocycles. The molecule has 7 nitrogen and oxygen atoms in total. The number of carbonyl (C=O) groups is 3. The molecule has 29 heavy (non-hydrogen) atoms. The zero-order valence-electron chi connectivity index (χ0n) is 17.3. The lowest BCUT2D eigenvalue weighted by Gasteiger charge is -2.12. The zero-order chi connectivity index (χ0) is 21.3. The van der Waals surface area contributed by atoms with Gasteiger partial charge in [0.2, 0.25) is 0 Å². The first-order valence-corrected chi connectivity index (χ1v) is 9.43. The van der Waals surface area contributed by atoms with Crippen LogP contribution in [0.15, 0.2) is 36.0 Å². The molecule has 1 saturated heterocycles. The molecule has 1 aromatic heterocycles. The van der Waals surface area contributed by atoms with E-state index in [1.807, 2.05) is 19.9 Å². The summed E-state index contributed by atoms with van der Waals surface area (Å²) in [4.78, 5) is 36.8. The summed E-state index contributed by atoms with van der Waals surface area (Å²) in [5.74, 6) is -0.745. The van der Waals surface area contributed by atoms with E-state index in [1.165, 1.54) is 12.7 Å². The summed E-state index contributed by atoms with van der Waals surface area (Å²) >= 11 is 0. The van der Waals surface area contributed by atoms with E-state index in [4.69, 9.17) is 0 Å². The highest BCUT2D eigenvalue weighted by Gasteiger charge is 2.35. The maximum absolute atomic E-state index is 12.5. The lowest BCUT2D eigenvalue weighted by atomic mass is 10.0. The van der Waals surface area contributed by atoms with Crippen molar-refractivity contribution in [1.82, 2.24) is 14.8 Å². The van der Waals surface area contributed by atoms with Crippen molar-refractivity contribution in [3.63, 3.8) is 0 Å². The third-order valence-corrected chi connectivity index (χ3v) is 5.07. The van der Waals surface area contributed by atoms with Gasteiger partial charge in [0, 0.05) is 17.1 Å². The highest BCUT2D eigenvalue weighted by Crippen LogP contribution is 2.25. The fourth-order valence-electron chi connectivity index (χ4n) is 3.40. The van der Waals surface area contributed by atoms with Crippen molar-refractivity contribution in [1.29, 1.82) is 0 Å². The van der Waals surface area contributed by atoms with Gasteiger partial charge in [0.15, 0.2) is 0 Å². The Labute approximate surface area is 169 Å². The number of urea groups is 1. The molecule has 1 aromatic carbocycles. The Hall–Kier alpha value is -3.35. The second-order valence-corrected chi connectivity index (χ2v) is 7.36. The Morgan fingerprint density at radius 1 is 1.17 bits per heavy atom. The molecule has 1 N–H and O–H groups in total. The van der Waals surface area contributed by atoms with Crippen LogP contribution >= 0.6 is 0 Å². The fourth-order valence-corrected chi connectivity index (χ4v) is 3.40. The summed E-state index contributed by atoms with van der Waals surface area (Å²) < 4.78 is 6.64. The number of nitrogens with zero attached hydrogens (tertiary/aromatic N) is 2. The number of methoxy groups -OCH3 is 1. The van der Waals surface area contributed by atoms with E-state index in [-0.39, 0.29) is 5.70 Å². The summed E-state index contributed by atoms with van der Waals surface area (Å²) in [6, 6.07) is 9.70. The van der Waals surface area contributed by atoms with Gasteiger partial charge < -0.3 is 14.6 Å². The van der Waals surface area contributed by atoms with Crippen LogP contribution in [0.4, 0.5) is 4.79 Å². The quantitative estimate of drug-likeness (QED) is 0.479. The molecule has 2 aromatic rings. The highest BCUT2D eigenvalue weighted by molar-refractivity contribution is 6.15. The number of ether oxygens (including phenoxy) is 1. The number of aryl methyl sites for hydroxylation is 1. The van der Waals surface area contributed by atoms with Crippen molar-refractivity contribution in [2.75, 3.05) is 13.7 Å². The van der Waals surface area contributed by atoms with Gasteiger partial charge in [0.1, 0.15) is 12.2 Å². The lowest BCUT2D eigenvalue weighted by Crippen LogP contribution is -2.36. The monoisotopic (exact) mass is 395 g/mol. The van der Waals surface area contributed by atoms with Crippen molar-refractivity contribution in [3.8, 4) is 5.69 Å². The number of rotatable bonds is 5. The van der Waals surface area contributed by atoms with Crippen LogP contribution in [0.1, 0.15) is 42.3 Å². The smallest absolute Gasteiger partial charge is 0.329 e. The Balaban J connectivity index is 1.91. The predicted molar refractivity (Wildman–Crippen MR) is 110 cm³/mol. The van der Waals surface area contributed by atoms with Gasteiger partial charge in [-0.3, -0.25) is 9.59 Å². The topological polar surface area (TPSA) is 80.6 Å². The van der Waals surface area contributed by atoms with Crippen LogP contribution in [0.3, 0.4) is 0 Å². The molecule has 1 aliphatic heterocycles. The second kappa shape index (κ2) is 7.95. The van der Waals surface area contributed by atoms with Gasteiger partial charge in [-0.2, -0.15) is 0 Å². The van der Waals surface area contributed by atoms with Crippen LogP contribution in [0, 0.1) is 13.8 Å². The minimum atomic E-state index is -0.655. The first-order chi connectivity index (χ1) is 13.7. The lowest BCUT2D eigenvalue weighted by molar-refractivity contribution is -0.143. The van der Waals surface area contributed by atoms with E-state index < -0.39 is 24.5 Å². The number of esters is 1. The van der Waals surface area contributed by atoms with Gasteiger partial charge in [-0.05, 0) is 55.2 Å². The van der Waals surface area contributed by atoms with Gasteiger partial charge in [-0.25, -0.2) is 9.69 Å². The van der Waals surface area contributed by atoms with Gasteiger partial charge in [0.05, 0.1) is 7.11 Å². The molecule has 0 spiro atoms. The molecule has 0 radical (unpaired) electrons. The van der Waals surface area contributed by atoms with E-state index in [1.54, 1.807) is 6.08 Å². The van der Waals surface area contributed by atoms with Crippen molar-refractivity contribution in [3.05, 3.63) is 58.5 Å². The molecule has 2 heterocycles. The first-order valence-electron chi connectivity index (χ1n) is 9.43. The van der Waals surface area contributed by atoms with Crippen molar-refractivity contribution < 1.29 is 19.1 Å². The summed E-state index contributed by atoms with van der Waals surface area (Å²) in [7, 11) is 1.21. The Bertz CT molecular complexity index is 1000. The Morgan fingerprint density at radius 3 is 2.41 bits per heavy atom. The number of hydrogen-bond donors (Lipinski definition) is 1. The van der Waals surface area contributed by atoms with Crippen molar-refractivity contribution in [2.24, 2.45) is 0 Å². The molecular weight excluding hydrogens is 370 g/mol. The van der Waals surface area contributed by atoms with Crippen LogP contribution in [0.25, 0.3) is 11.8 Å². The SMILES string of the molecule is COC(=O)CN1C(=O)N/C(=C/c2cc(C)n(-c3ccc(C(C)C)cc3)c2C)C1=O. The van der Waals surface area contributed by atoms with Crippen LogP contribution < -0.4 is 5.32 Å². The Kier molecular flexibility index (Phi) is 5.59. The molecule has 1 aliphatic rings. The minimum absolute atomic E-state index is 0.134. The maximum atomic E-state index is 12.5. The van der Waals surface area contributed by atoms with Gasteiger partial charge in [-0.1, -0.05) is 26.0 Å². The fraction of sp³-hybridized carbons (Fsp3) is 0.318. The van der Waals surface area contributed by atoms with Gasteiger partial charge >= 0.3 is 12.0 Å². The average Bonchev–Trinajstić information content (AvgIpc) is 3.11. The second-order valence-electron chi connectivity index (χ2n) is 7.36. The zero-order valence-corrected chi connectivity index (χ0v) is 17.3. The normalized spacial score (nSPS) is 15.4. The summed E-state index contributed by atoms with van der Waals surface area (Å²) in [5, 5.41) is 2.53. The number of hydrogen-bond acceptors (Lipinski definition) is 4. The molecular formula is C22H25N3O4. The average molecular weight is 395 g/mol. The minimum Gasteiger partial charge on any atom is -0.468 e. The summed E-state index contributed by atoms with van der Waals surface area (Å²) in [6.45, 7) is 7.84. The van der Waals surface area contributed by atoms with Gasteiger partial charge in [-0.15, -0.1) is 0 Å². The van der Waals surface area contributed by atoms with E-state index in [0.717, 1.165) is 27.5 Å². The standard InChI is InChI=1S/C22H25N3O4/c1-13(2)16-6-8-18(9-7-16)25-14(3)10-17(15(25)4)11-19-21(27)24(22(28)23-19)12-20(26)29-5/h6-11,13H,12H2,1-5H3,(H,23,28)/b19-11+. The predicted octanol–water partition coefficient (Wildman–Crippen LogP) is 3.28. The third kappa shape index (κ3) is 3.94. The summed E-state index contributed by atoms with van der Waals surface area (Å²) in [5.41, 5.74) is 5.20. The third-order valence-electron chi connectivity index (χ3n) is 5.07. The molecule has 0 aliphatic carbocycles. The molecule has 1 fully saturated rings. The maximum Gasteiger partial charge on any atom is 0.329 e. The highest BCUT2D eigenvalue weighted by atomic mass is 16.5. The number of amides is 3. The number of carbonyl (C=O) groups excluding carboxylic acids is 3. The van der Waals surface area contributed by atoms with Crippen molar-refractivity contribution >= 4 is 24.0 Å². The van der Waals surface area contributed by atoms with Crippen LogP contribution in [0.5, 0.6) is 0 Å². The molecule has 0 unspecified atom stereocenters. The van der Waals surface area contributed by atoms with Gasteiger partial charge in [0.25, 0.3) is 5.91 Å². The first kappa shape index (κ1) is 20.4. The largest absolute Gasteiger partial charge is 0.468 e. The van der Waals surface area contributed by atoms with Crippen LogP contribution in [0.2, 0.25) is 0 Å². The van der Waals surface area contributed by atoms with E-state index in [0.29, 0.717) is 5.92 Å². The van der Waals surface area contributed by atoms with Crippen LogP contribution in [-0.4, -0.2) is 41.0 Å². The molecule has 0 bridgehead atoms. The van der Waals surface area contributed by atoms with Crippen LogP contribution in [-0.2, 0) is 14.3 Å². The summed E-state index contributed by atoms with van der Waals surface area (Å²) in [6.07, 6.45) is 1.64.